The number of benzene rings is 2. The second kappa shape index (κ2) is 18.9. The Balaban J connectivity index is 1.49. The van der Waals surface area contributed by atoms with E-state index in [9.17, 15) is 4.79 Å². The Morgan fingerprint density at radius 1 is 0.860 bits per heavy atom. The lowest BCUT2D eigenvalue weighted by Crippen LogP contribution is -2.32. The lowest BCUT2D eigenvalue weighted by molar-refractivity contribution is -0.683. The number of rotatable bonds is 20. The molecule has 0 unspecified atom stereocenters. The molecular weight excluding hydrogens is 548 g/mol. The number of anilines is 1. The van der Waals surface area contributed by atoms with E-state index in [0.717, 1.165) is 37.4 Å². The standard InChI is InChI=1S/C38H57N2O2S/c1-6-7-8-9-10-11-12-13-14-15-16-17-26-42-37-29-33(21-22-36(37)38(3,4)5)23-24-40(32(2)41)35-20-18-19-34(28-35)30-39-25-27-43-31-39/h18-22,25,27-29,31H,6-17,23-24,26,30H2,1-5H3/q+1. The van der Waals surface area contributed by atoms with E-state index in [1.165, 1.54) is 87.3 Å². The second-order valence-electron chi connectivity index (χ2n) is 13.1. The Morgan fingerprint density at radius 3 is 2.14 bits per heavy atom. The van der Waals surface area contributed by atoms with Gasteiger partial charge in [0.2, 0.25) is 11.4 Å². The Bertz CT molecular complexity index is 1200. The molecule has 0 aliphatic heterocycles. The molecule has 0 N–H and O–H groups in total. The number of thiazole rings is 1. The van der Waals surface area contributed by atoms with Crippen LogP contribution in [0.5, 0.6) is 5.75 Å². The van der Waals surface area contributed by atoms with E-state index < -0.39 is 0 Å². The first-order valence-corrected chi connectivity index (χ1v) is 17.8. The van der Waals surface area contributed by atoms with Gasteiger partial charge in [-0.15, -0.1) is 0 Å². The Morgan fingerprint density at radius 2 is 1.53 bits per heavy atom. The van der Waals surface area contributed by atoms with Crippen molar-refractivity contribution in [2.45, 2.75) is 130 Å². The van der Waals surface area contributed by atoms with Crippen molar-refractivity contribution in [3.8, 4) is 5.75 Å². The normalized spacial score (nSPS) is 11.6. The van der Waals surface area contributed by atoms with Gasteiger partial charge in [0.05, 0.1) is 12.0 Å². The molecule has 1 aromatic heterocycles. The molecule has 43 heavy (non-hydrogen) atoms. The van der Waals surface area contributed by atoms with Gasteiger partial charge in [-0.1, -0.05) is 134 Å². The van der Waals surface area contributed by atoms with Gasteiger partial charge in [-0.2, -0.15) is 4.57 Å². The summed E-state index contributed by atoms with van der Waals surface area (Å²) in [7, 11) is 0. The van der Waals surface area contributed by atoms with Gasteiger partial charge in [-0.05, 0) is 47.6 Å². The predicted octanol–water partition coefficient (Wildman–Crippen LogP) is 10.1. The zero-order chi connectivity index (χ0) is 30.9. The molecule has 0 aliphatic rings. The van der Waals surface area contributed by atoms with E-state index >= 15 is 0 Å². The van der Waals surface area contributed by atoms with Crippen LogP contribution in [-0.2, 0) is 23.2 Å². The maximum Gasteiger partial charge on any atom is 0.224 e. The van der Waals surface area contributed by atoms with Gasteiger partial charge in [0.1, 0.15) is 5.75 Å². The molecule has 0 atom stereocenters. The highest BCUT2D eigenvalue weighted by atomic mass is 32.1. The number of hydrogen-bond donors (Lipinski definition) is 0. The van der Waals surface area contributed by atoms with Crippen molar-refractivity contribution in [1.29, 1.82) is 0 Å². The molecule has 0 saturated carbocycles. The lowest BCUT2D eigenvalue weighted by atomic mass is 9.85. The van der Waals surface area contributed by atoms with Crippen LogP contribution in [0.4, 0.5) is 5.69 Å². The summed E-state index contributed by atoms with van der Waals surface area (Å²) in [4.78, 5) is 14.6. The molecule has 0 radical (unpaired) electrons. The minimum Gasteiger partial charge on any atom is -0.493 e. The lowest BCUT2D eigenvalue weighted by Gasteiger charge is -2.25. The fraction of sp³-hybridized carbons (Fsp3) is 0.579. The third-order valence-electron chi connectivity index (χ3n) is 8.23. The zero-order valence-corrected chi connectivity index (χ0v) is 28.5. The number of carbonyl (C=O) groups excluding carboxylic acids is 1. The van der Waals surface area contributed by atoms with Crippen molar-refractivity contribution in [3.63, 3.8) is 0 Å². The van der Waals surface area contributed by atoms with Crippen LogP contribution in [0.25, 0.3) is 0 Å². The van der Waals surface area contributed by atoms with Gasteiger partial charge in [-0.3, -0.25) is 4.79 Å². The second-order valence-corrected chi connectivity index (χ2v) is 13.9. The van der Waals surface area contributed by atoms with E-state index in [2.05, 4.69) is 79.7 Å². The van der Waals surface area contributed by atoms with Gasteiger partial charge >= 0.3 is 0 Å². The summed E-state index contributed by atoms with van der Waals surface area (Å²) in [6, 6.07) is 15.0. The van der Waals surface area contributed by atoms with Gasteiger partial charge in [0.25, 0.3) is 0 Å². The number of carbonyl (C=O) groups is 1. The van der Waals surface area contributed by atoms with Crippen LogP contribution in [0.15, 0.2) is 59.6 Å². The summed E-state index contributed by atoms with van der Waals surface area (Å²) in [6.07, 6.45) is 19.0. The highest BCUT2D eigenvalue weighted by Crippen LogP contribution is 2.33. The number of amides is 1. The molecule has 3 rings (SSSR count). The van der Waals surface area contributed by atoms with Crippen molar-refractivity contribution in [1.82, 2.24) is 0 Å². The maximum atomic E-state index is 12.7. The monoisotopic (exact) mass is 605 g/mol. The maximum absolute atomic E-state index is 12.7. The summed E-state index contributed by atoms with van der Waals surface area (Å²) in [5, 5.41) is 2.08. The van der Waals surface area contributed by atoms with Crippen LogP contribution in [0, 0.1) is 0 Å². The third kappa shape index (κ3) is 12.8. The minimum absolute atomic E-state index is 0.0106. The molecule has 5 heteroatoms. The fourth-order valence-corrected chi connectivity index (χ4v) is 6.28. The van der Waals surface area contributed by atoms with Crippen LogP contribution in [0.3, 0.4) is 0 Å². The topological polar surface area (TPSA) is 33.4 Å². The van der Waals surface area contributed by atoms with Crippen molar-refractivity contribution in [2.24, 2.45) is 0 Å². The third-order valence-corrected chi connectivity index (χ3v) is 8.90. The number of nitrogens with zero attached hydrogens (tertiary/aromatic N) is 2. The number of ether oxygens (including phenoxy) is 1. The highest BCUT2D eigenvalue weighted by Gasteiger charge is 2.20. The SMILES string of the molecule is CCCCCCCCCCCCCCOc1cc(CCN(C(C)=O)c2cccc(C[n+]3ccsc3)c2)ccc1C(C)(C)C. The number of aromatic nitrogens is 1. The Hall–Kier alpha value is -2.66. The smallest absolute Gasteiger partial charge is 0.224 e. The van der Waals surface area contributed by atoms with E-state index in [0.29, 0.717) is 6.54 Å². The summed E-state index contributed by atoms with van der Waals surface area (Å²) in [5.74, 6) is 1.06. The van der Waals surface area contributed by atoms with Crippen LogP contribution < -0.4 is 14.2 Å². The van der Waals surface area contributed by atoms with Gasteiger partial charge in [-0.25, -0.2) is 0 Å². The van der Waals surface area contributed by atoms with Crippen LogP contribution in [0.1, 0.15) is 128 Å². The molecule has 4 nitrogen and oxygen atoms in total. The molecule has 3 aromatic rings. The molecular formula is C38H57N2O2S+. The van der Waals surface area contributed by atoms with Gasteiger partial charge in [0.15, 0.2) is 12.7 Å². The Kier molecular flexibility index (Phi) is 15.3. The summed E-state index contributed by atoms with van der Waals surface area (Å²) in [6.45, 7) is 12.9. The van der Waals surface area contributed by atoms with E-state index in [4.69, 9.17) is 4.74 Å². The molecule has 1 amide bonds. The van der Waals surface area contributed by atoms with Crippen molar-refractivity contribution in [3.05, 3.63) is 76.2 Å². The average Bonchev–Trinajstić information content (AvgIpc) is 3.48. The molecule has 0 fully saturated rings. The first-order chi connectivity index (χ1) is 20.8. The molecule has 2 aromatic carbocycles. The van der Waals surface area contributed by atoms with Gasteiger partial charge < -0.3 is 9.64 Å². The first-order valence-electron chi connectivity index (χ1n) is 16.8. The largest absolute Gasteiger partial charge is 0.493 e. The molecule has 236 valence electrons. The first kappa shape index (κ1) is 34.8. The molecule has 0 spiro atoms. The minimum atomic E-state index is 0.0106. The quantitative estimate of drug-likeness (QED) is 0.0948. The van der Waals surface area contributed by atoms with Crippen LogP contribution in [0.2, 0.25) is 0 Å². The van der Waals surface area contributed by atoms with E-state index in [-0.39, 0.29) is 11.3 Å². The van der Waals surface area contributed by atoms with Crippen molar-refractivity contribution in [2.75, 3.05) is 18.1 Å². The zero-order valence-electron chi connectivity index (χ0n) is 27.7. The molecule has 0 saturated heterocycles. The molecule has 1 heterocycles. The predicted molar refractivity (Wildman–Crippen MR) is 184 cm³/mol. The highest BCUT2D eigenvalue weighted by molar-refractivity contribution is 7.07. The fourth-order valence-electron chi connectivity index (χ4n) is 5.68. The average molecular weight is 606 g/mol. The summed E-state index contributed by atoms with van der Waals surface area (Å²) in [5.41, 5.74) is 6.71. The van der Waals surface area contributed by atoms with E-state index in [1.54, 1.807) is 18.3 Å². The summed E-state index contributed by atoms with van der Waals surface area (Å²) < 4.78 is 8.58. The Labute approximate surface area is 266 Å². The van der Waals surface area contributed by atoms with Crippen molar-refractivity contribution >= 4 is 22.9 Å². The molecule has 0 aliphatic carbocycles. The van der Waals surface area contributed by atoms with Crippen molar-refractivity contribution < 1.29 is 14.1 Å². The number of hydrogen-bond acceptors (Lipinski definition) is 3. The summed E-state index contributed by atoms with van der Waals surface area (Å²) >= 11 is 1.68. The van der Waals surface area contributed by atoms with Gasteiger partial charge in [0, 0.05) is 24.7 Å². The molecule has 0 bridgehead atoms. The van der Waals surface area contributed by atoms with Crippen LogP contribution >= 0.6 is 11.3 Å². The van der Waals surface area contributed by atoms with E-state index in [1.807, 2.05) is 17.0 Å². The van der Waals surface area contributed by atoms with Crippen LogP contribution in [-0.4, -0.2) is 19.1 Å². The number of unbranched alkanes of at least 4 members (excludes halogenated alkanes) is 11.